The second kappa shape index (κ2) is 6.82. The molecule has 7 heteroatoms. The van der Waals surface area contributed by atoms with E-state index in [-0.39, 0.29) is 17.9 Å². The summed E-state index contributed by atoms with van der Waals surface area (Å²) < 4.78 is 5.83. The molecule has 7 nitrogen and oxygen atoms in total. The third kappa shape index (κ3) is 3.29. The summed E-state index contributed by atoms with van der Waals surface area (Å²) in [6.07, 6.45) is 3.32. The van der Waals surface area contributed by atoms with E-state index in [1.54, 1.807) is 13.0 Å². The van der Waals surface area contributed by atoms with Gasteiger partial charge in [-0.2, -0.15) is 10.2 Å². The molecule has 1 saturated heterocycles. The highest BCUT2D eigenvalue weighted by atomic mass is 16.3. The molecular formula is C17H20N4O3. The number of nitrogens with one attached hydrogen (secondary N) is 1. The van der Waals surface area contributed by atoms with Crippen LogP contribution >= 0.6 is 0 Å². The van der Waals surface area contributed by atoms with Gasteiger partial charge >= 0.3 is 0 Å². The Labute approximate surface area is 140 Å². The Bertz CT molecular complexity index is 756. The highest BCUT2D eigenvalue weighted by Gasteiger charge is 2.33. The molecule has 0 radical (unpaired) electrons. The van der Waals surface area contributed by atoms with Crippen molar-refractivity contribution in [3.05, 3.63) is 47.2 Å². The lowest BCUT2D eigenvalue weighted by Gasteiger charge is -2.23. The summed E-state index contributed by atoms with van der Waals surface area (Å²) in [7, 11) is 0. The van der Waals surface area contributed by atoms with E-state index < -0.39 is 0 Å². The number of carbonyl (C=O) groups excluding carboxylic acids is 2. The van der Waals surface area contributed by atoms with Crippen LogP contribution in [0.15, 0.2) is 28.8 Å². The molecule has 126 valence electrons. The van der Waals surface area contributed by atoms with Gasteiger partial charge in [0.05, 0.1) is 30.0 Å². The fourth-order valence-corrected chi connectivity index (χ4v) is 2.97. The van der Waals surface area contributed by atoms with Gasteiger partial charge in [0.15, 0.2) is 0 Å². The lowest BCUT2D eigenvalue weighted by molar-refractivity contribution is -0.119. The van der Waals surface area contributed by atoms with E-state index in [9.17, 15) is 9.59 Å². The van der Waals surface area contributed by atoms with Gasteiger partial charge in [-0.15, -0.1) is 0 Å². The second-order valence-corrected chi connectivity index (χ2v) is 5.90. The summed E-state index contributed by atoms with van der Waals surface area (Å²) >= 11 is 0. The van der Waals surface area contributed by atoms with Gasteiger partial charge in [0.25, 0.3) is 5.91 Å². The van der Waals surface area contributed by atoms with Gasteiger partial charge in [-0.3, -0.25) is 9.59 Å². The van der Waals surface area contributed by atoms with E-state index >= 15 is 0 Å². The topological polar surface area (TPSA) is 88.3 Å². The molecule has 0 aliphatic carbocycles. The number of hydrogen-bond acceptors (Lipinski definition) is 5. The zero-order chi connectivity index (χ0) is 17.1. The monoisotopic (exact) mass is 328 g/mol. The minimum absolute atomic E-state index is 0.0512. The van der Waals surface area contributed by atoms with Crippen LogP contribution in [0, 0.1) is 6.92 Å². The van der Waals surface area contributed by atoms with Crippen LogP contribution in [0.1, 0.15) is 53.4 Å². The van der Waals surface area contributed by atoms with Gasteiger partial charge in [0, 0.05) is 13.5 Å². The van der Waals surface area contributed by atoms with Crippen molar-refractivity contribution in [2.75, 3.05) is 6.54 Å². The Balaban J connectivity index is 1.77. The largest absolute Gasteiger partial charge is 0.462 e. The van der Waals surface area contributed by atoms with Crippen LogP contribution in [0.25, 0.3) is 0 Å². The van der Waals surface area contributed by atoms with Crippen molar-refractivity contribution < 1.29 is 14.0 Å². The first-order valence-electron chi connectivity index (χ1n) is 7.98. The molecule has 2 aromatic heterocycles. The van der Waals surface area contributed by atoms with Gasteiger partial charge in [0.1, 0.15) is 11.5 Å². The summed E-state index contributed by atoms with van der Waals surface area (Å²) in [5.41, 5.74) is 1.20. The van der Waals surface area contributed by atoms with Crippen LogP contribution in [0.2, 0.25) is 0 Å². The fraction of sp³-hybridized carbons (Fsp3) is 0.412. The van der Waals surface area contributed by atoms with Gasteiger partial charge in [-0.05, 0) is 38.0 Å². The minimum Gasteiger partial charge on any atom is -0.462 e. The molecule has 1 atom stereocenters. The normalized spacial score (nSPS) is 17.1. The van der Waals surface area contributed by atoms with E-state index in [1.165, 1.54) is 13.1 Å². The number of likely N-dealkylation sites (tertiary alicyclic amines) is 1. The first-order valence-corrected chi connectivity index (χ1v) is 7.98. The molecule has 0 aromatic carbocycles. The SMILES string of the molecule is CC(=O)NCc1ccc(C2CCCN2C(=O)c2ccnnc2C)o1. The highest BCUT2D eigenvalue weighted by Crippen LogP contribution is 2.34. The summed E-state index contributed by atoms with van der Waals surface area (Å²) in [6, 6.07) is 5.33. The van der Waals surface area contributed by atoms with E-state index in [0.717, 1.165) is 18.6 Å². The second-order valence-electron chi connectivity index (χ2n) is 5.90. The molecule has 0 spiro atoms. The van der Waals surface area contributed by atoms with Gasteiger partial charge in [-0.1, -0.05) is 0 Å². The standard InChI is InChI=1S/C17H20N4O3/c1-11-14(7-8-19-20-11)17(23)21-9-3-4-15(21)16-6-5-13(24-16)10-18-12(2)22/h5-8,15H,3-4,9-10H2,1-2H3,(H,18,22). The van der Waals surface area contributed by atoms with Crippen LogP contribution < -0.4 is 5.32 Å². The third-order valence-corrected chi connectivity index (χ3v) is 4.17. The predicted molar refractivity (Wildman–Crippen MR) is 86.0 cm³/mol. The summed E-state index contributed by atoms with van der Waals surface area (Å²) in [5.74, 6) is 1.28. The summed E-state index contributed by atoms with van der Waals surface area (Å²) in [5, 5.41) is 10.5. The molecule has 1 aliphatic rings. The quantitative estimate of drug-likeness (QED) is 0.927. The van der Waals surface area contributed by atoms with Crippen LogP contribution in [-0.2, 0) is 11.3 Å². The number of rotatable bonds is 4. The van der Waals surface area contributed by atoms with Crippen molar-refractivity contribution in [1.29, 1.82) is 0 Å². The summed E-state index contributed by atoms with van der Waals surface area (Å²) in [4.78, 5) is 25.7. The lowest BCUT2D eigenvalue weighted by Crippen LogP contribution is -2.31. The van der Waals surface area contributed by atoms with E-state index in [0.29, 0.717) is 30.1 Å². The number of hydrogen-bond donors (Lipinski definition) is 1. The zero-order valence-corrected chi connectivity index (χ0v) is 13.8. The Kier molecular flexibility index (Phi) is 4.59. The number of aromatic nitrogens is 2. The van der Waals surface area contributed by atoms with Crippen molar-refractivity contribution in [2.45, 2.75) is 39.3 Å². The van der Waals surface area contributed by atoms with Crippen LogP contribution in [-0.4, -0.2) is 33.5 Å². The third-order valence-electron chi connectivity index (χ3n) is 4.17. The fourth-order valence-electron chi connectivity index (χ4n) is 2.97. The molecular weight excluding hydrogens is 308 g/mol. The van der Waals surface area contributed by atoms with Crippen LogP contribution in [0.4, 0.5) is 0 Å². The van der Waals surface area contributed by atoms with Crippen molar-refractivity contribution >= 4 is 11.8 Å². The Morgan fingerprint density at radius 2 is 2.21 bits per heavy atom. The van der Waals surface area contributed by atoms with Gasteiger partial charge < -0.3 is 14.6 Å². The maximum absolute atomic E-state index is 12.8. The number of amides is 2. The van der Waals surface area contributed by atoms with Gasteiger partial charge in [-0.25, -0.2) is 0 Å². The zero-order valence-electron chi connectivity index (χ0n) is 13.8. The van der Waals surface area contributed by atoms with Crippen LogP contribution in [0.3, 0.4) is 0 Å². The number of furan rings is 1. The molecule has 2 amide bonds. The van der Waals surface area contributed by atoms with Crippen molar-refractivity contribution in [3.63, 3.8) is 0 Å². The minimum atomic E-state index is -0.105. The Hall–Kier alpha value is -2.70. The Morgan fingerprint density at radius 3 is 2.96 bits per heavy atom. The molecule has 0 saturated carbocycles. The highest BCUT2D eigenvalue weighted by molar-refractivity contribution is 5.95. The molecule has 1 fully saturated rings. The number of carbonyl (C=O) groups is 2. The van der Waals surface area contributed by atoms with E-state index in [2.05, 4.69) is 15.5 Å². The van der Waals surface area contributed by atoms with Crippen molar-refractivity contribution in [3.8, 4) is 0 Å². The Morgan fingerprint density at radius 1 is 1.38 bits per heavy atom. The predicted octanol–water partition coefficient (Wildman–Crippen LogP) is 1.99. The maximum Gasteiger partial charge on any atom is 0.256 e. The molecule has 1 unspecified atom stereocenters. The average Bonchev–Trinajstić information content (AvgIpc) is 3.21. The maximum atomic E-state index is 12.8. The molecule has 0 bridgehead atoms. The molecule has 3 rings (SSSR count). The first-order chi connectivity index (χ1) is 11.6. The summed E-state index contributed by atoms with van der Waals surface area (Å²) in [6.45, 7) is 4.28. The van der Waals surface area contributed by atoms with Crippen LogP contribution in [0.5, 0.6) is 0 Å². The lowest BCUT2D eigenvalue weighted by atomic mass is 10.1. The van der Waals surface area contributed by atoms with E-state index in [4.69, 9.17) is 4.42 Å². The number of nitrogens with zero attached hydrogens (tertiary/aromatic N) is 3. The molecule has 24 heavy (non-hydrogen) atoms. The van der Waals surface area contributed by atoms with Crippen molar-refractivity contribution in [1.82, 2.24) is 20.4 Å². The molecule has 1 N–H and O–H groups in total. The van der Waals surface area contributed by atoms with E-state index in [1.807, 2.05) is 17.0 Å². The first kappa shape index (κ1) is 16.2. The smallest absolute Gasteiger partial charge is 0.256 e. The number of aryl methyl sites for hydroxylation is 1. The van der Waals surface area contributed by atoms with Gasteiger partial charge in [0.2, 0.25) is 5.91 Å². The molecule has 2 aromatic rings. The molecule has 1 aliphatic heterocycles. The average molecular weight is 328 g/mol. The van der Waals surface area contributed by atoms with Crippen molar-refractivity contribution in [2.24, 2.45) is 0 Å². The molecule has 3 heterocycles.